The van der Waals surface area contributed by atoms with Gasteiger partial charge >= 0.3 is 0 Å². The molecule has 0 radical (unpaired) electrons. The number of hydrogen-bond donors (Lipinski definition) is 0. The van der Waals surface area contributed by atoms with Gasteiger partial charge in [-0.1, -0.05) is 29.8 Å². The maximum Gasteiger partial charge on any atom is 0.151 e. The van der Waals surface area contributed by atoms with Crippen molar-refractivity contribution in [3.8, 4) is 0 Å². The maximum atomic E-state index is 10.6. The lowest BCUT2D eigenvalue weighted by Gasteiger charge is -2.18. The summed E-state index contributed by atoms with van der Waals surface area (Å²) in [5, 5.41) is 0.744. The van der Waals surface area contributed by atoms with E-state index in [1.165, 1.54) is 0 Å². The summed E-state index contributed by atoms with van der Waals surface area (Å²) in [6, 6.07) is 11.3. The number of anilines is 1. The van der Waals surface area contributed by atoms with E-state index in [4.69, 9.17) is 11.6 Å². The zero-order valence-electron chi connectivity index (χ0n) is 10.0. The number of aldehydes is 1. The van der Waals surface area contributed by atoms with Crippen molar-refractivity contribution in [3.05, 3.63) is 58.7 Å². The fourth-order valence-electron chi connectivity index (χ4n) is 1.66. The first-order valence-electron chi connectivity index (χ1n) is 5.56. The van der Waals surface area contributed by atoms with Gasteiger partial charge in [-0.25, -0.2) is 4.98 Å². The molecular formula is C14H13ClN2O. The SMILES string of the molecule is CN(Cc1ccccc1Cl)c1ccc(C=O)cn1. The molecule has 1 aromatic heterocycles. The first-order valence-corrected chi connectivity index (χ1v) is 5.94. The summed E-state index contributed by atoms with van der Waals surface area (Å²) in [5.41, 5.74) is 1.62. The largest absolute Gasteiger partial charge is 0.355 e. The smallest absolute Gasteiger partial charge is 0.151 e. The van der Waals surface area contributed by atoms with Crippen LogP contribution in [0.5, 0.6) is 0 Å². The summed E-state index contributed by atoms with van der Waals surface area (Å²) in [7, 11) is 1.94. The van der Waals surface area contributed by atoms with Gasteiger partial charge in [0.05, 0.1) is 0 Å². The normalized spacial score (nSPS) is 10.1. The van der Waals surface area contributed by atoms with E-state index in [0.29, 0.717) is 12.1 Å². The van der Waals surface area contributed by atoms with E-state index in [1.54, 1.807) is 12.3 Å². The molecule has 2 aromatic rings. The second kappa shape index (κ2) is 5.65. The van der Waals surface area contributed by atoms with Crippen LogP contribution in [0.2, 0.25) is 5.02 Å². The third kappa shape index (κ3) is 2.87. The zero-order valence-corrected chi connectivity index (χ0v) is 10.8. The molecule has 2 rings (SSSR count). The Bertz CT molecular complexity index is 540. The van der Waals surface area contributed by atoms with Gasteiger partial charge < -0.3 is 4.90 Å². The van der Waals surface area contributed by atoms with Gasteiger partial charge in [0.25, 0.3) is 0 Å². The van der Waals surface area contributed by atoms with Crippen LogP contribution in [0.4, 0.5) is 5.82 Å². The molecular weight excluding hydrogens is 248 g/mol. The fourth-order valence-corrected chi connectivity index (χ4v) is 1.85. The lowest BCUT2D eigenvalue weighted by atomic mass is 10.2. The highest BCUT2D eigenvalue weighted by Gasteiger charge is 2.06. The number of halogens is 1. The average Bonchev–Trinajstić information content (AvgIpc) is 2.41. The van der Waals surface area contributed by atoms with Gasteiger partial charge in [0, 0.05) is 30.4 Å². The van der Waals surface area contributed by atoms with E-state index < -0.39 is 0 Å². The van der Waals surface area contributed by atoms with Gasteiger partial charge in [-0.2, -0.15) is 0 Å². The molecule has 0 saturated heterocycles. The Kier molecular flexibility index (Phi) is 3.95. The van der Waals surface area contributed by atoms with Gasteiger partial charge in [-0.15, -0.1) is 0 Å². The Labute approximate surface area is 111 Å². The van der Waals surface area contributed by atoms with Crippen LogP contribution < -0.4 is 4.90 Å². The number of aromatic nitrogens is 1. The van der Waals surface area contributed by atoms with Gasteiger partial charge in [-0.05, 0) is 23.8 Å². The quantitative estimate of drug-likeness (QED) is 0.792. The third-order valence-corrected chi connectivity index (χ3v) is 3.03. The molecule has 92 valence electrons. The highest BCUT2D eigenvalue weighted by Crippen LogP contribution is 2.19. The molecule has 0 aliphatic heterocycles. The van der Waals surface area contributed by atoms with Crippen molar-refractivity contribution in [2.45, 2.75) is 6.54 Å². The van der Waals surface area contributed by atoms with Gasteiger partial charge in [0.15, 0.2) is 6.29 Å². The highest BCUT2D eigenvalue weighted by atomic mass is 35.5. The van der Waals surface area contributed by atoms with Crippen LogP contribution in [-0.2, 0) is 6.54 Å². The van der Waals surface area contributed by atoms with Crippen molar-refractivity contribution in [2.75, 3.05) is 11.9 Å². The molecule has 0 unspecified atom stereocenters. The van der Waals surface area contributed by atoms with Crippen molar-refractivity contribution in [3.63, 3.8) is 0 Å². The second-order valence-corrected chi connectivity index (χ2v) is 4.42. The molecule has 0 N–H and O–H groups in total. The first kappa shape index (κ1) is 12.6. The van der Waals surface area contributed by atoms with Crippen LogP contribution in [-0.4, -0.2) is 18.3 Å². The molecule has 0 atom stereocenters. The van der Waals surface area contributed by atoms with E-state index in [9.17, 15) is 4.79 Å². The lowest BCUT2D eigenvalue weighted by Crippen LogP contribution is -2.17. The molecule has 0 amide bonds. The number of carbonyl (C=O) groups is 1. The van der Waals surface area contributed by atoms with Gasteiger partial charge in [0.1, 0.15) is 5.82 Å². The summed E-state index contributed by atoms with van der Waals surface area (Å²) in [4.78, 5) is 16.8. The summed E-state index contributed by atoms with van der Waals surface area (Å²) in [5.74, 6) is 0.806. The molecule has 18 heavy (non-hydrogen) atoms. The topological polar surface area (TPSA) is 33.2 Å². The molecule has 1 aromatic carbocycles. The first-order chi connectivity index (χ1) is 8.70. The Morgan fingerprint density at radius 2 is 2.06 bits per heavy atom. The van der Waals surface area contributed by atoms with Crippen LogP contribution >= 0.6 is 11.6 Å². The molecule has 3 nitrogen and oxygen atoms in total. The molecule has 0 aliphatic carbocycles. The highest BCUT2D eigenvalue weighted by molar-refractivity contribution is 6.31. The number of nitrogens with zero attached hydrogens (tertiary/aromatic N) is 2. The minimum Gasteiger partial charge on any atom is -0.355 e. The monoisotopic (exact) mass is 260 g/mol. The third-order valence-electron chi connectivity index (χ3n) is 2.66. The van der Waals surface area contributed by atoms with Crippen LogP contribution in [0.15, 0.2) is 42.6 Å². The molecule has 0 fully saturated rings. The van der Waals surface area contributed by atoms with Crippen molar-refractivity contribution in [1.29, 1.82) is 0 Å². The number of benzene rings is 1. The molecule has 4 heteroatoms. The van der Waals surface area contributed by atoms with E-state index in [0.717, 1.165) is 22.7 Å². The van der Waals surface area contributed by atoms with Crippen molar-refractivity contribution in [1.82, 2.24) is 4.98 Å². The molecule has 0 bridgehead atoms. The van der Waals surface area contributed by atoms with Crippen molar-refractivity contribution >= 4 is 23.7 Å². The second-order valence-electron chi connectivity index (χ2n) is 4.02. The van der Waals surface area contributed by atoms with Crippen molar-refractivity contribution < 1.29 is 4.79 Å². The predicted octanol–water partition coefficient (Wildman–Crippen LogP) is 3.18. The van der Waals surface area contributed by atoms with E-state index >= 15 is 0 Å². The van der Waals surface area contributed by atoms with E-state index in [1.807, 2.05) is 42.3 Å². The van der Waals surface area contributed by atoms with Crippen LogP contribution in [0.3, 0.4) is 0 Å². The summed E-state index contributed by atoms with van der Waals surface area (Å²) < 4.78 is 0. The zero-order chi connectivity index (χ0) is 13.0. The number of carbonyl (C=O) groups excluding carboxylic acids is 1. The standard InChI is InChI=1S/C14H13ClN2O/c1-17(9-12-4-2-3-5-13(12)15)14-7-6-11(10-18)8-16-14/h2-8,10H,9H2,1H3. The Hall–Kier alpha value is -1.87. The average molecular weight is 261 g/mol. The van der Waals surface area contributed by atoms with Crippen LogP contribution in [0, 0.1) is 0 Å². The fraction of sp³-hybridized carbons (Fsp3) is 0.143. The maximum absolute atomic E-state index is 10.6. The molecule has 0 saturated carbocycles. The van der Waals surface area contributed by atoms with Crippen LogP contribution in [0.25, 0.3) is 0 Å². The lowest BCUT2D eigenvalue weighted by molar-refractivity contribution is 0.112. The molecule has 1 heterocycles. The Morgan fingerprint density at radius 3 is 2.67 bits per heavy atom. The molecule has 0 aliphatic rings. The van der Waals surface area contributed by atoms with Gasteiger partial charge in [0.2, 0.25) is 0 Å². The summed E-state index contributed by atoms with van der Waals surface area (Å²) in [6.45, 7) is 0.674. The Balaban J connectivity index is 2.14. The predicted molar refractivity (Wildman–Crippen MR) is 73.2 cm³/mol. The Morgan fingerprint density at radius 1 is 1.28 bits per heavy atom. The van der Waals surface area contributed by atoms with E-state index in [2.05, 4.69) is 4.98 Å². The minimum atomic E-state index is 0.574. The number of hydrogen-bond acceptors (Lipinski definition) is 3. The number of rotatable bonds is 4. The summed E-state index contributed by atoms with van der Waals surface area (Å²) >= 11 is 6.11. The van der Waals surface area contributed by atoms with E-state index in [-0.39, 0.29) is 0 Å². The van der Waals surface area contributed by atoms with Gasteiger partial charge in [-0.3, -0.25) is 4.79 Å². The number of pyridine rings is 1. The van der Waals surface area contributed by atoms with Crippen LogP contribution in [0.1, 0.15) is 15.9 Å². The summed E-state index contributed by atoms with van der Waals surface area (Å²) in [6.07, 6.45) is 2.34. The molecule has 0 spiro atoms. The minimum absolute atomic E-state index is 0.574. The van der Waals surface area contributed by atoms with Crippen molar-refractivity contribution in [2.24, 2.45) is 0 Å².